The number of hydrogen-bond acceptors (Lipinski definition) is 10. The summed E-state index contributed by atoms with van der Waals surface area (Å²) in [5.41, 5.74) is 0. The second-order valence-electron chi connectivity index (χ2n) is 9.04. The molecule has 0 radical (unpaired) electrons. The molecule has 45 heavy (non-hydrogen) atoms. The van der Waals surface area contributed by atoms with Crippen molar-refractivity contribution in [1.29, 1.82) is 0 Å². The first kappa shape index (κ1) is 40.3. The second-order valence-corrected chi connectivity index (χ2v) is 9.04. The number of esters is 5. The van der Waals surface area contributed by atoms with Crippen LogP contribution >= 0.6 is 0 Å². The molecule has 10 nitrogen and oxygen atoms in total. The molecule has 0 amide bonds. The molecule has 0 fully saturated rings. The monoisotopic (exact) mass is 626 g/mol. The zero-order valence-corrected chi connectivity index (χ0v) is 26.5. The number of methoxy groups -OCH3 is 2. The molecule has 0 aromatic carbocycles. The van der Waals surface area contributed by atoms with E-state index >= 15 is 0 Å². The number of ether oxygens (including phenoxy) is 5. The van der Waals surface area contributed by atoms with Gasteiger partial charge in [0.2, 0.25) is 0 Å². The molecular weight excluding hydrogens is 580 g/mol. The quantitative estimate of drug-likeness (QED) is 0.0583. The van der Waals surface area contributed by atoms with E-state index in [9.17, 15) is 24.0 Å². The van der Waals surface area contributed by atoms with E-state index in [4.69, 9.17) is 14.2 Å². The maximum absolute atomic E-state index is 12.1. The molecule has 246 valence electrons. The van der Waals surface area contributed by atoms with Gasteiger partial charge in [0.1, 0.15) is 13.2 Å². The molecule has 0 heterocycles. The highest BCUT2D eigenvalue weighted by Crippen LogP contribution is 2.03. The van der Waals surface area contributed by atoms with Gasteiger partial charge < -0.3 is 23.7 Å². The fourth-order valence-corrected chi connectivity index (χ4v) is 3.05. The normalized spacial score (nSPS) is 12.9. The first-order valence-corrected chi connectivity index (χ1v) is 14.8. The summed E-state index contributed by atoms with van der Waals surface area (Å²) in [6.07, 6.45) is 33.4. The van der Waals surface area contributed by atoms with E-state index in [1.54, 1.807) is 0 Å². The fraction of sp³-hybridized carbons (Fsp3) is 0.400. The van der Waals surface area contributed by atoms with Crippen LogP contribution in [0.5, 0.6) is 0 Å². The third-order valence-electron chi connectivity index (χ3n) is 5.35. The van der Waals surface area contributed by atoms with Gasteiger partial charge in [-0.2, -0.15) is 0 Å². The molecule has 0 saturated carbocycles. The molecule has 0 rings (SSSR count). The van der Waals surface area contributed by atoms with Crippen LogP contribution in [0.1, 0.15) is 58.3 Å². The molecule has 1 atom stereocenters. The van der Waals surface area contributed by atoms with Gasteiger partial charge in [-0.1, -0.05) is 79.8 Å². The summed E-state index contributed by atoms with van der Waals surface area (Å²) < 4.78 is 24.0. The Kier molecular flexibility index (Phi) is 26.3. The molecule has 0 aliphatic heterocycles. The van der Waals surface area contributed by atoms with Gasteiger partial charge in [0, 0.05) is 30.7 Å². The summed E-state index contributed by atoms with van der Waals surface area (Å²) >= 11 is 0. The van der Waals surface area contributed by atoms with Crippen LogP contribution in [0.3, 0.4) is 0 Å². The molecule has 0 aromatic heterocycles. The van der Waals surface area contributed by atoms with Crippen LogP contribution < -0.4 is 0 Å². The van der Waals surface area contributed by atoms with Gasteiger partial charge in [-0.25, -0.2) is 19.2 Å². The first-order valence-electron chi connectivity index (χ1n) is 14.8. The van der Waals surface area contributed by atoms with Crippen LogP contribution in [-0.2, 0) is 47.7 Å². The smallest absolute Gasteiger partial charge is 0.331 e. The minimum atomic E-state index is -1.16. The van der Waals surface area contributed by atoms with E-state index in [-0.39, 0.29) is 6.42 Å². The summed E-state index contributed by atoms with van der Waals surface area (Å²) in [4.78, 5) is 58.2. The zero-order valence-electron chi connectivity index (χ0n) is 26.5. The Hall–Kier alpha value is -4.73. The molecule has 0 aliphatic carbocycles. The Morgan fingerprint density at radius 2 is 0.911 bits per heavy atom. The fourth-order valence-electron chi connectivity index (χ4n) is 3.05. The van der Waals surface area contributed by atoms with Gasteiger partial charge in [0.05, 0.1) is 14.2 Å². The number of rotatable bonds is 23. The third kappa shape index (κ3) is 27.8. The SMILES string of the molecule is CCC=CCC=CCC=CCC=CCC=CCC=CCCC(=O)OCC(COC(=O)C=CC(=O)OC)OC(=O)C=CC(=O)OC. The average Bonchev–Trinajstić information content (AvgIpc) is 3.04. The molecule has 0 bridgehead atoms. The minimum absolute atomic E-state index is 0.0900. The van der Waals surface area contributed by atoms with Gasteiger partial charge in [-0.05, 0) is 44.9 Å². The van der Waals surface area contributed by atoms with E-state index in [0.717, 1.165) is 77.0 Å². The summed E-state index contributed by atoms with van der Waals surface area (Å²) in [5.74, 6) is -3.93. The second kappa shape index (κ2) is 29.3. The van der Waals surface area contributed by atoms with Gasteiger partial charge in [0.15, 0.2) is 6.10 Å². The highest BCUT2D eigenvalue weighted by molar-refractivity contribution is 5.92. The van der Waals surface area contributed by atoms with Gasteiger partial charge in [0.25, 0.3) is 0 Å². The Morgan fingerprint density at radius 3 is 1.38 bits per heavy atom. The standard InChI is InChI=1S/C35H46O10/c1-4-5-6-7-8-9-10-11-12-13-14-15-16-17-18-19-20-21-22-23-33(38)43-28-30(45-35(40)27-25-32(37)42-3)29-44-34(39)26-24-31(36)41-2/h5-6,8-9,11-12,14-15,17-18,20-21,24-27,30H,4,7,10,13,16,19,22-23,28-29H2,1-3H3. The van der Waals surface area contributed by atoms with Crippen LogP contribution in [0, 0.1) is 0 Å². The number of carbonyl (C=O) groups excluding carboxylic acids is 5. The Morgan fingerprint density at radius 1 is 0.511 bits per heavy atom. The number of allylic oxidation sites excluding steroid dienone is 12. The van der Waals surface area contributed by atoms with E-state index in [1.807, 2.05) is 18.2 Å². The van der Waals surface area contributed by atoms with Gasteiger partial charge >= 0.3 is 29.8 Å². The van der Waals surface area contributed by atoms with Crippen LogP contribution in [0.4, 0.5) is 0 Å². The summed E-state index contributed by atoms with van der Waals surface area (Å²) in [7, 11) is 2.29. The molecule has 0 aromatic rings. The lowest BCUT2D eigenvalue weighted by molar-refractivity contribution is -0.162. The third-order valence-corrected chi connectivity index (χ3v) is 5.35. The number of carbonyl (C=O) groups is 5. The van der Waals surface area contributed by atoms with Crippen molar-refractivity contribution in [2.24, 2.45) is 0 Å². The van der Waals surface area contributed by atoms with Crippen LogP contribution in [-0.4, -0.2) is 63.4 Å². The predicted octanol–water partition coefficient (Wildman–Crippen LogP) is 5.92. The molecule has 0 N–H and O–H groups in total. The van der Waals surface area contributed by atoms with Crippen molar-refractivity contribution in [1.82, 2.24) is 0 Å². The molecular formula is C35H46O10. The molecule has 10 heteroatoms. The van der Waals surface area contributed by atoms with E-state index in [2.05, 4.69) is 71.1 Å². The van der Waals surface area contributed by atoms with Crippen molar-refractivity contribution < 1.29 is 47.7 Å². The number of hydrogen-bond donors (Lipinski definition) is 0. The van der Waals surface area contributed by atoms with Crippen molar-refractivity contribution in [2.75, 3.05) is 27.4 Å². The highest BCUT2D eigenvalue weighted by atomic mass is 16.6. The van der Waals surface area contributed by atoms with E-state index in [0.29, 0.717) is 6.42 Å². The van der Waals surface area contributed by atoms with Gasteiger partial charge in [-0.15, -0.1) is 0 Å². The maximum Gasteiger partial charge on any atom is 0.331 e. The lowest BCUT2D eigenvalue weighted by Crippen LogP contribution is -2.30. The molecule has 1 unspecified atom stereocenters. The predicted molar refractivity (Wildman–Crippen MR) is 172 cm³/mol. The first-order chi connectivity index (χ1) is 21.8. The van der Waals surface area contributed by atoms with E-state index < -0.39 is 49.2 Å². The van der Waals surface area contributed by atoms with Crippen molar-refractivity contribution in [2.45, 2.75) is 64.4 Å². The Bertz CT molecular complexity index is 1120. The molecule has 0 spiro atoms. The summed E-state index contributed by atoms with van der Waals surface area (Å²) in [5, 5.41) is 0. The van der Waals surface area contributed by atoms with Crippen LogP contribution in [0.2, 0.25) is 0 Å². The van der Waals surface area contributed by atoms with Gasteiger partial charge in [-0.3, -0.25) is 4.79 Å². The highest BCUT2D eigenvalue weighted by Gasteiger charge is 2.18. The maximum atomic E-state index is 12.1. The minimum Gasteiger partial charge on any atom is -0.466 e. The lowest BCUT2D eigenvalue weighted by Gasteiger charge is -2.16. The van der Waals surface area contributed by atoms with Crippen LogP contribution in [0.25, 0.3) is 0 Å². The topological polar surface area (TPSA) is 132 Å². The van der Waals surface area contributed by atoms with E-state index in [1.165, 1.54) is 0 Å². The van der Waals surface area contributed by atoms with Crippen molar-refractivity contribution >= 4 is 29.8 Å². The molecule has 0 aliphatic rings. The van der Waals surface area contributed by atoms with Crippen LogP contribution in [0.15, 0.2) is 97.2 Å². The Labute approximate surface area is 266 Å². The van der Waals surface area contributed by atoms with Crippen molar-refractivity contribution in [3.05, 3.63) is 97.2 Å². The lowest BCUT2D eigenvalue weighted by atomic mass is 10.2. The zero-order chi connectivity index (χ0) is 33.4. The molecule has 0 saturated heterocycles. The van der Waals surface area contributed by atoms with Crippen molar-refractivity contribution in [3.63, 3.8) is 0 Å². The summed E-state index contributed by atoms with van der Waals surface area (Å²) in [6, 6.07) is 0. The Balaban J connectivity index is 4.39. The average molecular weight is 627 g/mol. The summed E-state index contributed by atoms with van der Waals surface area (Å²) in [6.45, 7) is 1.26. The van der Waals surface area contributed by atoms with Crippen molar-refractivity contribution in [3.8, 4) is 0 Å². The largest absolute Gasteiger partial charge is 0.466 e.